The fourth-order valence-corrected chi connectivity index (χ4v) is 3.12. The zero-order valence-electron chi connectivity index (χ0n) is 16.3. The van der Waals surface area contributed by atoms with Gasteiger partial charge in [0.1, 0.15) is 5.84 Å². The Balaban J connectivity index is 1.61. The van der Waals surface area contributed by atoms with E-state index < -0.39 is 0 Å². The maximum absolute atomic E-state index is 4.69. The lowest BCUT2D eigenvalue weighted by atomic mass is 10.2. The van der Waals surface area contributed by atoms with Crippen LogP contribution in [0.1, 0.15) is 18.3 Å². The number of rotatable bonds is 4. The number of likely N-dealkylation sites (N-methyl/N-ethyl adjacent to an activating group) is 1. The zero-order valence-corrected chi connectivity index (χ0v) is 16.3. The first-order chi connectivity index (χ1) is 13.7. The van der Waals surface area contributed by atoms with Crippen LogP contribution >= 0.6 is 0 Å². The van der Waals surface area contributed by atoms with E-state index in [0.29, 0.717) is 17.7 Å². The third-order valence-electron chi connectivity index (χ3n) is 4.77. The number of benzene rings is 1. The quantitative estimate of drug-likeness (QED) is 0.886. The molecule has 1 N–H and O–H groups in total. The predicted octanol–water partition coefficient (Wildman–Crippen LogP) is 2.56. The van der Waals surface area contributed by atoms with Gasteiger partial charge in [0, 0.05) is 26.2 Å². The number of aromatic nitrogens is 3. The second-order valence-corrected chi connectivity index (χ2v) is 7.17. The van der Waals surface area contributed by atoms with Crippen LogP contribution in [-0.2, 0) is 0 Å². The summed E-state index contributed by atoms with van der Waals surface area (Å²) in [6.45, 7) is 6.59. The van der Waals surface area contributed by atoms with E-state index in [1.165, 1.54) is 5.57 Å². The molecule has 0 saturated carbocycles. The molecule has 0 bridgehead atoms. The lowest BCUT2D eigenvalue weighted by molar-refractivity contribution is 0.311. The molecule has 1 fully saturated rings. The van der Waals surface area contributed by atoms with E-state index in [0.717, 1.165) is 44.1 Å². The van der Waals surface area contributed by atoms with Gasteiger partial charge in [-0.3, -0.25) is 4.99 Å². The number of hydrogen-bond acceptors (Lipinski definition) is 7. The number of hydrogen-bond donors (Lipinski definition) is 1. The van der Waals surface area contributed by atoms with Crippen molar-refractivity contribution in [2.75, 3.05) is 50.0 Å². The van der Waals surface area contributed by atoms with Gasteiger partial charge >= 0.3 is 0 Å². The molecule has 0 spiro atoms. The molecule has 7 heteroatoms. The number of piperazine rings is 1. The third-order valence-corrected chi connectivity index (χ3v) is 4.77. The molecule has 144 valence electrons. The van der Waals surface area contributed by atoms with Gasteiger partial charge in [-0.1, -0.05) is 36.4 Å². The van der Waals surface area contributed by atoms with Gasteiger partial charge in [0.25, 0.3) is 0 Å². The van der Waals surface area contributed by atoms with Gasteiger partial charge in [-0.15, -0.1) is 0 Å². The molecule has 28 heavy (non-hydrogen) atoms. The van der Waals surface area contributed by atoms with E-state index in [9.17, 15) is 0 Å². The average Bonchev–Trinajstić information content (AvgIpc) is 3.12. The molecule has 2 aliphatic heterocycles. The SMILES string of the molecule is CC1=CC(Nc2nc(/C=C/c3ccccc3)nc(N3CCN(C)CC3)n2)=NC1. The molecule has 7 nitrogen and oxygen atoms in total. The molecule has 2 aliphatic rings. The second kappa shape index (κ2) is 8.31. The molecule has 3 heterocycles. The Bertz CT molecular complexity index is 910. The number of aliphatic imine (C=N–C) groups is 1. The van der Waals surface area contributed by atoms with Gasteiger partial charge < -0.3 is 15.1 Å². The Hall–Kier alpha value is -3.06. The van der Waals surface area contributed by atoms with Gasteiger partial charge in [0.05, 0.1) is 6.54 Å². The van der Waals surface area contributed by atoms with E-state index in [1.54, 1.807) is 0 Å². The van der Waals surface area contributed by atoms with Crippen LogP contribution in [0, 0.1) is 0 Å². The minimum Gasteiger partial charge on any atom is -0.338 e. The maximum Gasteiger partial charge on any atom is 0.233 e. The maximum atomic E-state index is 4.69. The molecule has 0 aliphatic carbocycles. The molecule has 0 atom stereocenters. The Morgan fingerprint density at radius 3 is 2.46 bits per heavy atom. The number of nitrogens with zero attached hydrogens (tertiary/aromatic N) is 6. The minimum atomic E-state index is 0.529. The van der Waals surface area contributed by atoms with Crippen LogP contribution in [0.25, 0.3) is 12.2 Å². The van der Waals surface area contributed by atoms with Crippen molar-refractivity contribution in [3.63, 3.8) is 0 Å². The molecular formula is C21H25N7. The molecule has 0 radical (unpaired) electrons. The first-order valence-electron chi connectivity index (χ1n) is 9.57. The highest BCUT2D eigenvalue weighted by atomic mass is 15.3. The van der Waals surface area contributed by atoms with Crippen molar-refractivity contribution in [1.82, 2.24) is 19.9 Å². The largest absolute Gasteiger partial charge is 0.338 e. The van der Waals surface area contributed by atoms with Crippen LogP contribution in [0.2, 0.25) is 0 Å². The Morgan fingerprint density at radius 1 is 0.964 bits per heavy atom. The lowest BCUT2D eigenvalue weighted by Crippen LogP contribution is -2.45. The molecule has 1 saturated heterocycles. The van der Waals surface area contributed by atoms with Crippen LogP contribution in [0.3, 0.4) is 0 Å². The van der Waals surface area contributed by atoms with Gasteiger partial charge in [-0.2, -0.15) is 15.0 Å². The Labute approximate surface area is 165 Å². The lowest BCUT2D eigenvalue weighted by Gasteiger charge is -2.32. The highest BCUT2D eigenvalue weighted by molar-refractivity contribution is 6.04. The molecule has 1 aromatic carbocycles. The molecule has 0 unspecified atom stereocenters. The Morgan fingerprint density at radius 2 is 1.75 bits per heavy atom. The second-order valence-electron chi connectivity index (χ2n) is 7.17. The van der Waals surface area contributed by atoms with Crippen LogP contribution in [0.5, 0.6) is 0 Å². The van der Waals surface area contributed by atoms with Crippen molar-refractivity contribution < 1.29 is 0 Å². The Kier molecular flexibility index (Phi) is 5.43. The number of anilines is 2. The summed E-state index contributed by atoms with van der Waals surface area (Å²) in [5.74, 6) is 2.67. The average molecular weight is 375 g/mol. The summed E-state index contributed by atoms with van der Waals surface area (Å²) in [5.41, 5.74) is 2.33. The molecule has 4 rings (SSSR count). The summed E-state index contributed by atoms with van der Waals surface area (Å²) in [5, 5.41) is 3.24. The van der Waals surface area contributed by atoms with Crippen molar-refractivity contribution in [3.8, 4) is 0 Å². The predicted molar refractivity (Wildman–Crippen MR) is 115 cm³/mol. The molecule has 1 aromatic heterocycles. The third kappa shape index (κ3) is 4.61. The molecule has 0 amide bonds. The topological polar surface area (TPSA) is 69.5 Å². The van der Waals surface area contributed by atoms with Gasteiger partial charge in [-0.25, -0.2) is 0 Å². The number of nitrogens with one attached hydrogen (secondary N) is 1. The van der Waals surface area contributed by atoms with Crippen molar-refractivity contribution in [2.45, 2.75) is 6.92 Å². The number of amidine groups is 1. The summed E-state index contributed by atoms with van der Waals surface area (Å²) >= 11 is 0. The standard InChI is InChI=1S/C21H25N7/c1-16-14-19(22-15-16)24-20-23-18(9-8-17-6-4-3-5-7-17)25-21(26-20)28-12-10-27(2)11-13-28/h3-9,14H,10-13,15H2,1-2H3,(H,22,23,24,25,26)/b9-8+. The summed E-state index contributed by atoms with van der Waals surface area (Å²) in [6.07, 6.45) is 5.97. The first-order valence-corrected chi connectivity index (χ1v) is 9.57. The van der Waals surface area contributed by atoms with E-state index >= 15 is 0 Å². The van der Waals surface area contributed by atoms with Crippen molar-refractivity contribution >= 4 is 29.9 Å². The molecule has 2 aromatic rings. The monoisotopic (exact) mass is 375 g/mol. The van der Waals surface area contributed by atoms with Gasteiger partial charge in [0.15, 0.2) is 5.82 Å². The van der Waals surface area contributed by atoms with Gasteiger partial charge in [0.2, 0.25) is 11.9 Å². The van der Waals surface area contributed by atoms with Crippen molar-refractivity contribution in [3.05, 3.63) is 53.4 Å². The van der Waals surface area contributed by atoms with Crippen molar-refractivity contribution in [1.29, 1.82) is 0 Å². The van der Waals surface area contributed by atoms with E-state index in [-0.39, 0.29) is 0 Å². The summed E-state index contributed by atoms with van der Waals surface area (Å²) in [7, 11) is 2.14. The van der Waals surface area contributed by atoms with E-state index in [1.807, 2.05) is 36.4 Å². The molecular weight excluding hydrogens is 350 g/mol. The highest BCUT2D eigenvalue weighted by Gasteiger charge is 2.18. The smallest absolute Gasteiger partial charge is 0.233 e. The fourth-order valence-electron chi connectivity index (χ4n) is 3.12. The van der Waals surface area contributed by atoms with Crippen LogP contribution < -0.4 is 10.2 Å². The highest BCUT2D eigenvalue weighted by Crippen LogP contribution is 2.16. The van der Waals surface area contributed by atoms with Crippen LogP contribution in [-0.4, -0.2) is 65.5 Å². The fraction of sp³-hybridized carbons (Fsp3) is 0.333. The van der Waals surface area contributed by atoms with Crippen LogP contribution in [0.4, 0.5) is 11.9 Å². The van der Waals surface area contributed by atoms with Crippen LogP contribution in [0.15, 0.2) is 47.0 Å². The first kappa shape index (κ1) is 18.3. The minimum absolute atomic E-state index is 0.529. The summed E-state index contributed by atoms with van der Waals surface area (Å²) in [4.78, 5) is 22.9. The normalized spacial score (nSPS) is 17.7. The zero-order chi connectivity index (χ0) is 19.3. The van der Waals surface area contributed by atoms with Crippen molar-refractivity contribution in [2.24, 2.45) is 4.99 Å². The van der Waals surface area contributed by atoms with E-state index in [2.05, 4.69) is 61.2 Å². The van der Waals surface area contributed by atoms with Gasteiger partial charge in [-0.05, 0) is 37.3 Å². The summed E-state index contributed by atoms with van der Waals surface area (Å²) < 4.78 is 0. The summed E-state index contributed by atoms with van der Waals surface area (Å²) in [6, 6.07) is 10.1. The van der Waals surface area contributed by atoms with E-state index in [4.69, 9.17) is 0 Å².